The van der Waals surface area contributed by atoms with Crippen molar-refractivity contribution in [2.45, 2.75) is 13.8 Å². The number of hydrogen-bond acceptors (Lipinski definition) is 4. The lowest BCUT2D eigenvalue weighted by molar-refractivity contribution is 0.505. The minimum Gasteiger partial charge on any atom is -0.466 e. The molecule has 0 bridgehead atoms. The Kier molecular flexibility index (Phi) is 2.04. The van der Waals surface area contributed by atoms with E-state index in [1.165, 1.54) is 0 Å². The van der Waals surface area contributed by atoms with E-state index in [-0.39, 0.29) is 0 Å². The summed E-state index contributed by atoms with van der Waals surface area (Å²) < 4.78 is 12.8. The smallest absolute Gasteiger partial charge is 0.150 e. The monoisotopic (exact) mass is 267 g/mol. The minimum absolute atomic E-state index is 0.604. The number of imidazole rings is 1. The average Bonchev–Trinajstić information content (AvgIpc) is 3.07. The fourth-order valence-electron chi connectivity index (χ4n) is 2.63. The standard InChI is InChI=1S/C15H13N3O2/c1-8-7-11(9(2)20-8)13-14(16)18-5-3-12-10(4-6-19-12)15(18)17-13/h3-7H,16H2,1-2H3. The van der Waals surface area contributed by atoms with Gasteiger partial charge in [0.25, 0.3) is 0 Å². The van der Waals surface area contributed by atoms with Gasteiger partial charge in [-0.15, -0.1) is 0 Å². The van der Waals surface area contributed by atoms with Gasteiger partial charge in [-0.2, -0.15) is 0 Å². The predicted octanol–water partition coefficient (Wildman–Crippen LogP) is 3.54. The van der Waals surface area contributed by atoms with Crippen molar-refractivity contribution in [2.24, 2.45) is 0 Å². The van der Waals surface area contributed by atoms with Crippen molar-refractivity contribution in [3.8, 4) is 11.3 Å². The number of aromatic nitrogens is 2. The van der Waals surface area contributed by atoms with Crippen molar-refractivity contribution in [1.82, 2.24) is 9.38 Å². The normalized spacial score (nSPS) is 11.7. The zero-order valence-electron chi connectivity index (χ0n) is 11.2. The number of rotatable bonds is 1. The highest BCUT2D eigenvalue weighted by Crippen LogP contribution is 2.33. The first-order valence-corrected chi connectivity index (χ1v) is 6.36. The average molecular weight is 267 g/mol. The number of nitrogens with zero attached hydrogens (tertiary/aromatic N) is 2. The van der Waals surface area contributed by atoms with E-state index in [4.69, 9.17) is 14.6 Å². The van der Waals surface area contributed by atoms with Crippen LogP contribution in [0, 0.1) is 13.8 Å². The quantitative estimate of drug-likeness (QED) is 0.572. The van der Waals surface area contributed by atoms with Crippen LogP contribution in [-0.2, 0) is 0 Å². The molecule has 4 rings (SSSR count). The van der Waals surface area contributed by atoms with Crippen LogP contribution in [0.5, 0.6) is 0 Å². The Balaban J connectivity index is 2.10. The second-order valence-electron chi connectivity index (χ2n) is 4.88. The first kappa shape index (κ1) is 11.2. The van der Waals surface area contributed by atoms with Crippen LogP contribution in [0.25, 0.3) is 27.9 Å². The maximum Gasteiger partial charge on any atom is 0.150 e. The maximum atomic E-state index is 6.24. The summed E-state index contributed by atoms with van der Waals surface area (Å²) in [7, 11) is 0. The van der Waals surface area contributed by atoms with Gasteiger partial charge in [-0.05, 0) is 32.0 Å². The molecule has 4 aromatic rings. The number of aryl methyl sites for hydroxylation is 2. The highest BCUT2D eigenvalue weighted by atomic mass is 16.3. The van der Waals surface area contributed by atoms with E-state index in [2.05, 4.69) is 4.98 Å². The van der Waals surface area contributed by atoms with Crippen molar-refractivity contribution in [1.29, 1.82) is 0 Å². The molecule has 4 heterocycles. The molecule has 0 aromatic carbocycles. The van der Waals surface area contributed by atoms with E-state index in [0.29, 0.717) is 5.82 Å². The Bertz CT molecular complexity index is 943. The highest BCUT2D eigenvalue weighted by Gasteiger charge is 2.18. The predicted molar refractivity (Wildman–Crippen MR) is 76.6 cm³/mol. The molecule has 0 saturated carbocycles. The summed E-state index contributed by atoms with van der Waals surface area (Å²) in [6.07, 6.45) is 3.53. The van der Waals surface area contributed by atoms with Crippen molar-refractivity contribution < 1.29 is 8.83 Å². The SMILES string of the molecule is Cc1cc(-c2nc3c4ccoc4ccn3c2N)c(C)o1. The van der Waals surface area contributed by atoms with E-state index in [1.54, 1.807) is 6.26 Å². The molecule has 0 unspecified atom stereocenters. The zero-order chi connectivity index (χ0) is 13.9. The molecule has 0 amide bonds. The first-order chi connectivity index (χ1) is 9.65. The van der Waals surface area contributed by atoms with Crippen LogP contribution in [0.2, 0.25) is 0 Å². The largest absolute Gasteiger partial charge is 0.466 e. The van der Waals surface area contributed by atoms with E-state index in [0.717, 1.165) is 39.4 Å². The summed E-state index contributed by atoms with van der Waals surface area (Å²) in [5, 5.41) is 0.948. The van der Waals surface area contributed by atoms with Crippen LogP contribution >= 0.6 is 0 Å². The van der Waals surface area contributed by atoms with E-state index < -0.39 is 0 Å². The molecule has 0 atom stereocenters. The topological polar surface area (TPSA) is 69.6 Å². The number of nitrogens with two attached hydrogens (primary N) is 1. The highest BCUT2D eigenvalue weighted by molar-refractivity contribution is 5.93. The molecule has 5 heteroatoms. The fourth-order valence-corrected chi connectivity index (χ4v) is 2.63. The number of nitrogen functional groups attached to an aromatic ring is 1. The lowest BCUT2D eigenvalue weighted by Gasteiger charge is -1.97. The number of furan rings is 2. The summed E-state index contributed by atoms with van der Waals surface area (Å²) in [4.78, 5) is 4.68. The molecule has 4 aromatic heterocycles. The van der Waals surface area contributed by atoms with E-state index >= 15 is 0 Å². The van der Waals surface area contributed by atoms with Crippen LogP contribution in [0.1, 0.15) is 11.5 Å². The van der Waals surface area contributed by atoms with E-state index in [9.17, 15) is 0 Å². The van der Waals surface area contributed by atoms with Crippen LogP contribution in [0.15, 0.2) is 39.5 Å². The van der Waals surface area contributed by atoms with Gasteiger partial charge >= 0.3 is 0 Å². The Labute approximate surface area is 114 Å². The van der Waals surface area contributed by atoms with Gasteiger partial charge in [-0.25, -0.2) is 4.98 Å². The third kappa shape index (κ3) is 1.34. The Morgan fingerprint density at radius 2 is 2.10 bits per heavy atom. The number of hydrogen-bond donors (Lipinski definition) is 1. The Morgan fingerprint density at radius 1 is 1.25 bits per heavy atom. The van der Waals surface area contributed by atoms with Crippen LogP contribution in [-0.4, -0.2) is 9.38 Å². The minimum atomic E-state index is 0.604. The lowest BCUT2D eigenvalue weighted by atomic mass is 10.2. The number of anilines is 1. The molecule has 0 saturated heterocycles. The van der Waals surface area contributed by atoms with Gasteiger partial charge in [0.2, 0.25) is 0 Å². The van der Waals surface area contributed by atoms with Gasteiger partial charge in [-0.3, -0.25) is 4.40 Å². The third-order valence-corrected chi connectivity index (χ3v) is 3.56. The van der Waals surface area contributed by atoms with Gasteiger partial charge < -0.3 is 14.6 Å². The second kappa shape index (κ2) is 3.66. The molecule has 0 fully saturated rings. The molecule has 0 aliphatic rings. The summed E-state index contributed by atoms with van der Waals surface area (Å²) >= 11 is 0. The summed E-state index contributed by atoms with van der Waals surface area (Å²) in [6, 6.07) is 5.74. The summed E-state index contributed by atoms with van der Waals surface area (Å²) in [5.41, 5.74) is 9.51. The molecule has 0 aliphatic carbocycles. The van der Waals surface area contributed by atoms with Crippen LogP contribution in [0.3, 0.4) is 0 Å². The van der Waals surface area contributed by atoms with Crippen molar-refractivity contribution >= 4 is 22.4 Å². The molecular weight excluding hydrogens is 254 g/mol. The van der Waals surface area contributed by atoms with Crippen molar-refractivity contribution in [2.75, 3.05) is 5.73 Å². The molecule has 100 valence electrons. The van der Waals surface area contributed by atoms with Gasteiger partial charge in [0, 0.05) is 11.8 Å². The summed E-state index contributed by atoms with van der Waals surface area (Å²) in [6.45, 7) is 3.83. The second-order valence-corrected chi connectivity index (χ2v) is 4.88. The first-order valence-electron chi connectivity index (χ1n) is 6.36. The van der Waals surface area contributed by atoms with Crippen LogP contribution < -0.4 is 5.73 Å². The van der Waals surface area contributed by atoms with Crippen molar-refractivity contribution in [3.05, 3.63) is 42.2 Å². The van der Waals surface area contributed by atoms with Gasteiger partial charge in [0.1, 0.15) is 34.3 Å². The molecule has 0 aliphatic heterocycles. The maximum absolute atomic E-state index is 6.24. The molecule has 20 heavy (non-hydrogen) atoms. The van der Waals surface area contributed by atoms with Gasteiger partial charge in [0.05, 0.1) is 11.6 Å². The third-order valence-electron chi connectivity index (χ3n) is 3.56. The Hall–Kier alpha value is -2.69. The lowest BCUT2D eigenvalue weighted by Crippen LogP contribution is -1.93. The number of fused-ring (bicyclic) bond motifs is 3. The van der Waals surface area contributed by atoms with Gasteiger partial charge in [-0.1, -0.05) is 0 Å². The number of pyridine rings is 1. The van der Waals surface area contributed by atoms with Crippen LogP contribution in [0.4, 0.5) is 5.82 Å². The molecule has 0 radical (unpaired) electrons. The van der Waals surface area contributed by atoms with Crippen molar-refractivity contribution in [3.63, 3.8) is 0 Å². The molecule has 0 spiro atoms. The molecular formula is C15H13N3O2. The Morgan fingerprint density at radius 3 is 2.85 bits per heavy atom. The van der Waals surface area contributed by atoms with E-state index in [1.807, 2.05) is 42.6 Å². The van der Waals surface area contributed by atoms with Gasteiger partial charge in [0.15, 0.2) is 0 Å². The summed E-state index contributed by atoms with van der Waals surface area (Å²) in [5.74, 6) is 2.27. The fraction of sp³-hybridized carbons (Fsp3) is 0.133. The molecule has 2 N–H and O–H groups in total. The zero-order valence-corrected chi connectivity index (χ0v) is 11.2. The molecule has 5 nitrogen and oxygen atoms in total.